The quantitative estimate of drug-likeness (QED) is 0.810. The van der Waals surface area contributed by atoms with E-state index >= 15 is 0 Å². The zero-order valence-corrected chi connectivity index (χ0v) is 14.0. The Morgan fingerprint density at radius 1 is 1.48 bits per heavy atom. The van der Waals surface area contributed by atoms with Gasteiger partial charge in [-0.05, 0) is 19.5 Å². The van der Waals surface area contributed by atoms with E-state index in [0.717, 1.165) is 17.2 Å². The van der Waals surface area contributed by atoms with Crippen LogP contribution in [0.4, 0.5) is 0 Å². The standard InChI is InChI=1S/C13H20N4O2S2/c1-4-14-8-11-7-12(9-17(11)3)21(18,19)16-10(2)13-15-5-6-20-13/h5-7,9-10,14,16H,4,8H2,1-3H3. The molecule has 1 atom stereocenters. The molecule has 0 aromatic carbocycles. The summed E-state index contributed by atoms with van der Waals surface area (Å²) in [6, 6.07) is 1.35. The first-order chi connectivity index (χ1) is 9.94. The summed E-state index contributed by atoms with van der Waals surface area (Å²) in [4.78, 5) is 4.41. The molecule has 116 valence electrons. The highest BCUT2D eigenvalue weighted by atomic mass is 32.2. The molecule has 0 aliphatic carbocycles. The first kappa shape index (κ1) is 16.2. The van der Waals surface area contributed by atoms with Crippen molar-refractivity contribution in [3.05, 3.63) is 34.5 Å². The van der Waals surface area contributed by atoms with Crippen molar-refractivity contribution in [2.45, 2.75) is 31.3 Å². The maximum atomic E-state index is 12.4. The highest BCUT2D eigenvalue weighted by molar-refractivity contribution is 7.89. The molecule has 0 bridgehead atoms. The maximum Gasteiger partial charge on any atom is 0.242 e. The monoisotopic (exact) mass is 328 g/mol. The lowest BCUT2D eigenvalue weighted by Gasteiger charge is -2.10. The second-order valence-electron chi connectivity index (χ2n) is 4.77. The molecule has 0 saturated carbocycles. The van der Waals surface area contributed by atoms with E-state index in [9.17, 15) is 8.42 Å². The van der Waals surface area contributed by atoms with Crippen molar-refractivity contribution in [2.75, 3.05) is 6.54 Å². The van der Waals surface area contributed by atoms with Gasteiger partial charge in [0.05, 0.1) is 10.9 Å². The molecule has 2 N–H and O–H groups in total. The van der Waals surface area contributed by atoms with E-state index in [-0.39, 0.29) is 10.9 Å². The maximum absolute atomic E-state index is 12.4. The predicted molar refractivity (Wildman–Crippen MR) is 83.6 cm³/mol. The Hall–Kier alpha value is -1.22. The predicted octanol–water partition coefficient (Wildman–Crippen LogP) is 1.63. The van der Waals surface area contributed by atoms with Gasteiger partial charge >= 0.3 is 0 Å². The Morgan fingerprint density at radius 2 is 2.24 bits per heavy atom. The topological polar surface area (TPSA) is 76.0 Å². The van der Waals surface area contributed by atoms with Gasteiger partial charge in [0, 0.05) is 37.1 Å². The van der Waals surface area contributed by atoms with E-state index in [1.807, 2.05) is 23.9 Å². The molecule has 8 heteroatoms. The molecule has 0 fully saturated rings. The zero-order valence-electron chi connectivity index (χ0n) is 12.3. The molecule has 0 aliphatic rings. The first-order valence-corrected chi connectivity index (χ1v) is 9.08. The van der Waals surface area contributed by atoms with E-state index in [4.69, 9.17) is 0 Å². The summed E-state index contributed by atoms with van der Waals surface area (Å²) in [5, 5.41) is 5.77. The molecule has 2 heterocycles. The van der Waals surface area contributed by atoms with Gasteiger partial charge in [-0.25, -0.2) is 18.1 Å². The van der Waals surface area contributed by atoms with Crippen LogP contribution in [0.1, 0.15) is 30.6 Å². The summed E-state index contributed by atoms with van der Waals surface area (Å²) in [6.07, 6.45) is 3.30. The van der Waals surface area contributed by atoms with Crippen LogP contribution in [-0.2, 0) is 23.6 Å². The molecule has 2 aromatic rings. The molecule has 6 nitrogen and oxygen atoms in total. The number of thiazole rings is 1. The fourth-order valence-corrected chi connectivity index (χ4v) is 3.97. The van der Waals surface area contributed by atoms with Crippen LogP contribution < -0.4 is 10.0 Å². The van der Waals surface area contributed by atoms with Crippen LogP contribution in [0, 0.1) is 0 Å². The van der Waals surface area contributed by atoms with Crippen molar-refractivity contribution in [2.24, 2.45) is 7.05 Å². The van der Waals surface area contributed by atoms with Gasteiger partial charge in [-0.3, -0.25) is 0 Å². The van der Waals surface area contributed by atoms with Crippen LogP contribution in [-0.4, -0.2) is 24.5 Å². The van der Waals surface area contributed by atoms with Gasteiger partial charge in [0.25, 0.3) is 0 Å². The van der Waals surface area contributed by atoms with Crippen LogP contribution in [0.5, 0.6) is 0 Å². The number of nitrogens with one attached hydrogen (secondary N) is 2. The summed E-state index contributed by atoms with van der Waals surface area (Å²) in [5.41, 5.74) is 0.930. The second kappa shape index (κ2) is 6.69. The van der Waals surface area contributed by atoms with Gasteiger partial charge in [0.15, 0.2) is 0 Å². The van der Waals surface area contributed by atoms with Crippen molar-refractivity contribution >= 4 is 21.4 Å². The molecule has 0 radical (unpaired) electrons. The lowest BCUT2D eigenvalue weighted by molar-refractivity contribution is 0.566. The number of hydrogen-bond acceptors (Lipinski definition) is 5. The molecule has 2 aromatic heterocycles. The van der Waals surface area contributed by atoms with Gasteiger partial charge in [0.2, 0.25) is 10.0 Å². The second-order valence-corrected chi connectivity index (χ2v) is 7.41. The van der Waals surface area contributed by atoms with E-state index in [2.05, 4.69) is 15.0 Å². The average molecular weight is 328 g/mol. The summed E-state index contributed by atoms with van der Waals surface area (Å²) < 4.78 is 29.3. The summed E-state index contributed by atoms with van der Waals surface area (Å²) in [6.45, 7) is 5.29. The number of nitrogens with zero attached hydrogens (tertiary/aromatic N) is 2. The number of rotatable bonds is 7. The summed E-state index contributed by atoms with van der Waals surface area (Å²) in [5.74, 6) is 0. The largest absolute Gasteiger partial charge is 0.352 e. The van der Waals surface area contributed by atoms with Gasteiger partial charge < -0.3 is 9.88 Å². The van der Waals surface area contributed by atoms with E-state index in [0.29, 0.717) is 6.54 Å². The molecule has 0 saturated heterocycles. The Kier molecular flexibility index (Phi) is 5.15. The lowest BCUT2D eigenvalue weighted by Crippen LogP contribution is -2.26. The van der Waals surface area contributed by atoms with E-state index in [1.165, 1.54) is 11.3 Å². The molecule has 1 unspecified atom stereocenters. The SMILES string of the molecule is CCNCc1cc(S(=O)(=O)NC(C)c2nccs2)cn1C. The molecule has 0 spiro atoms. The summed E-state index contributed by atoms with van der Waals surface area (Å²) in [7, 11) is -1.70. The van der Waals surface area contributed by atoms with Crippen LogP contribution in [0.3, 0.4) is 0 Å². The molecule has 0 amide bonds. The average Bonchev–Trinajstić information content (AvgIpc) is 3.05. The van der Waals surface area contributed by atoms with Crippen molar-refractivity contribution in [3.63, 3.8) is 0 Å². The van der Waals surface area contributed by atoms with Gasteiger partial charge in [-0.15, -0.1) is 11.3 Å². The summed E-state index contributed by atoms with van der Waals surface area (Å²) >= 11 is 1.43. The van der Waals surface area contributed by atoms with Crippen LogP contribution in [0.15, 0.2) is 28.7 Å². The van der Waals surface area contributed by atoms with Crippen LogP contribution in [0.2, 0.25) is 0 Å². The highest BCUT2D eigenvalue weighted by Gasteiger charge is 2.21. The minimum absolute atomic E-state index is 0.279. The number of hydrogen-bond donors (Lipinski definition) is 2. The van der Waals surface area contributed by atoms with Gasteiger partial charge in [0.1, 0.15) is 5.01 Å². The Balaban J connectivity index is 2.16. The lowest BCUT2D eigenvalue weighted by atomic mass is 10.4. The number of sulfonamides is 1. The third-order valence-electron chi connectivity index (χ3n) is 3.10. The minimum atomic E-state index is -3.54. The fraction of sp³-hybridized carbons (Fsp3) is 0.462. The van der Waals surface area contributed by atoms with Crippen molar-refractivity contribution in [1.29, 1.82) is 0 Å². The fourth-order valence-electron chi connectivity index (χ4n) is 1.95. The van der Waals surface area contributed by atoms with E-state index < -0.39 is 10.0 Å². The third kappa shape index (κ3) is 3.91. The van der Waals surface area contributed by atoms with Crippen molar-refractivity contribution < 1.29 is 8.42 Å². The normalized spacial score (nSPS) is 13.5. The Labute approximate surface area is 129 Å². The van der Waals surface area contributed by atoms with Crippen LogP contribution >= 0.6 is 11.3 Å². The van der Waals surface area contributed by atoms with Crippen molar-refractivity contribution in [1.82, 2.24) is 19.6 Å². The molecule has 0 aliphatic heterocycles. The molecular weight excluding hydrogens is 308 g/mol. The Bertz CT molecular complexity index is 677. The molecule has 2 rings (SSSR count). The highest BCUT2D eigenvalue weighted by Crippen LogP contribution is 2.20. The third-order valence-corrected chi connectivity index (χ3v) is 5.57. The molecule has 21 heavy (non-hydrogen) atoms. The molecular formula is C13H20N4O2S2. The number of aromatic nitrogens is 2. The van der Waals surface area contributed by atoms with Crippen LogP contribution in [0.25, 0.3) is 0 Å². The Morgan fingerprint density at radius 3 is 2.86 bits per heavy atom. The first-order valence-electron chi connectivity index (χ1n) is 6.71. The van der Waals surface area contributed by atoms with Gasteiger partial charge in [-0.1, -0.05) is 6.92 Å². The zero-order chi connectivity index (χ0) is 15.5. The van der Waals surface area contributed by atoms with Crippen molar-refractivity contribution in [3.8, 4) is 0 Å². The number of aryl methyl sites for hydroxylation is 1. The minimum Gasteiger partial charge on any atom is -0.352 e. The smallest absolute Gasteiger partial charge is 0.242 e. The van der Waals surface area contributed by atoms with E-state index in [1.54, 1.807) is 25.4 Å². The van der Waals surface area contributed by atoms with Gasteiger partial charge in [-0.2, -0.15) is 0 Å².